The lowest BCUT2D eigenvalue weighted by Crippen LogP contribution is -2.40. The molecule has 3 nitrogen and oxygen atoms in total. The Kier molecular flexibility index (Phi) is 8.40. The van der Waals surface area contributed by atoms with Gasteiger partial charge in [0.2, 0.25) is 0 Å². The fourth-order valence-electron chi connectivity index (χ4n) is 2.67. The molecule has 0 aliphatic rings. The zero-order chi connectivity index (χ0) is 15.7. The van der Waals surface area contributed by atoms with Crippen LogP contribution in [0.3, 0.4) is 0 Å². The molecule has 0 spiro atoms. The quantitative estimate of drug-likeness (QED) is 0.709. The van der Waals surface area contributed by atoms with E-state index in [-0.39, 0.29) is 0 Å². The minimum atomic E-state index is 0.294. The van der Waals surface area contributed by atoms with Crippen molar-refractivity contribution < 1.29 is 4.74 Å². The van der Waals surface area contributed by atoms with E-state index in [2.05, 4.69) is 49.9 Å². The van der Waals surface area contributed by atoms with Crippen LogP contribution in [0.4, 0.5) is 0 Å². The molecule has 0 aromatic heterocycles. The summed E-state index contributed by atoms with van der Waals surface area (Å²) in [5.74, 6) is 0.931. The van der Waals surface area contributed by atoms with Crippen LogP contribution in [0.2, 0.25) is 0 Å². The van der Waals surface area contributed by atoms with E-state index in [1.165, 1.54) is 18.4 Å². The van der Waals surface area contributed by atoms with Gasteiger partial charge in [-0.15, -0.1) is 0 Å². The van der Waals surface area contributed by atoms with E-state index in [0.29, 0.717) is 25.2 Å². The van der Waals surface area contributed by atoms with Gasteiger partial charge in [0, 0.05) is 18.6 Å². The van der Waals surface area contributed by atoms with E-state index < -0.39 is 0 Å². The zero-order valence-electron chi connectivity index (χ0n) is 14.1. The maximum atomic E-state index is 6.09. The topological polar surface area (TPSA) is 38.5 Å². The van der Waals surface area contributed by atoms with Crippen LogP contribution in [0.1, 0.15) is 58.6 Å². The van der Waals surface area contributed by atoms with Gasteiger partial charge in [-0.1, -0.05) is 32.4 Å². The van der Waals surface area contributed by atoms with Crippen molar-refractivity contribution in [2.24, 2.45) is 5.73 Å². The average molecular weight is 292 g/mol. The summed E-state index contributed by atoms with van der Waals surface area (Å²) in [6, 6.07) is 9.26. The first-order valence-electron chi connectivity index (χ1n) is 8.36. The van der Waals surface area contributed by atoms with Crippen molar-refractivity contribution in [3.05, 3.63) is 29.8 Å². The first kappa shape index (κ1) is 18.0. The number of ether oxygens (including phenoxy) is 1. The molecule has 0 amide bonds. The van der Waals surface area contributed by atoms with Crippen molar-refractivity contribution in [3.63, 3.8) is 0 Å². The Morgan fingerprint density at radius 3 is 2.29 bits per heavy atom. The highest BCUT2D eigenvalue weighted by Gasteiger charge is 2.22. The molecule has 1 aromatic carbocycles. The van der Waals surface area contributed by atoms with Crippen molar-refractivity contribution in [3.8, 4) is 5.75 Å². The summed E-state index contributed by atoms with van der Waals surface area (Å²) >= 11 is 0. The maximum absolute atomic E-state index is 6.09. The Hall–Kier alpha value is -1.06. The van der Waals surface area contributed by atoms with Gasteiger partial charge < -0.3 is 10.5 Å². The van der Waals surface area contributed by atoms with Gasteiger partial charge in [-0.05, 0) is 50.9 Å². The molecule has 0 fully saturated rings. The molecule has 1 aromatic rings. The molecule has 120 valence electrons. The SMILES string of the molecule is CCCCN(C(C)CC)C(CN)c1ccc(OCC)cc1. The van der Waals surface area contributed by atoms with Crippen LogP contribution in [0, 0.1) is 0 Å². The molecule has 0 saturated heterocycles. The Morgan fingerprint density at radius 2 is 1.81 bits per heavy atom. The highest BCUT2D eigenvalue weighted by atomic mass is 16.5. The van der Waals surface area contributed by atoms with Crippen LogP contribution in [-0.2, 0) is 0 Å². The predicted octanol–water partition coefficient (Wildman–Crippen LogP) is 3.99. The summed E-state index contributed by atoms with van der Waals surface area (Å²) < 4.78 is 5.52. The molecule has 0 aliphatic carbocycles. The van der Waals surface area contributed by atoms with Gasteiger partial charge in [0.25, 0.3) is 0 Å². The first-order chi connectivity index (χ1) is 10.2. The summed E-state index contributed by atoms with van der Waals surface area (Å²) in [5.41, 5.74) is 7.38. The highest BCUT2D eigenvalue weighted by molar-refractivity contribution is 5.29. The summed E-state index contributed by atoms with van der Waals surface area (Å²) in [5, 5.41) is 0. The third kappa shape index (κ3) is 5.33. The minimum absolute atomic E-state index is 0.294. The zero-order valence-corrected chi connectivity index (χ0v) is 14.1. The Morgan fingerprint density at radius 1 is 1.14 bits per heavy atom. The number of unbranched alkanes of at least 4 members (excludes halogenated alkanes) is 1. The van der Waals surface area contributed by atoms with E-state index >= 15 is 0 Å². The minimum Gasteiger partial charge on any atom is -0.494 e. The first-order valence-corrected chi connectivity index (χ1v) is 8.36. The summed E-state index contributed by atoms with van der Waals surface area (Å²) in [6.07, 6.45) is 3.59. The summed E-state index contributed by atoms with van der Waals surface area (Å²) in [4.78, 5) is 2.55. The Bertz CT molecular complexity index is 377. The van der Waals surface area contributed by atoms with Gasteiger partial charge in [-0.2, -0.15) is 0 Å². The number of nitrogens with zero attached hydrogens (tertiary/aromatic N) is 1. The summed E-state index contributed by atoms with van der Waals surface area (Å²) in [6.45, 7) is 11.3. The van der Waals surface area contributed by atoms with E-state index in [0.717, 1.165) is 18.7 Å². The fraction of sp³-hybridized carbons (Fsp3) is 0.667. The molecule has 0 aliphatic heterocycles. The van der Waals surface area contributed by atoms with Gasteiger partial charge >= 0.3 is 0 Å². The normalized spacial score (nSPS) is 14.2. The highest BCUT2D eigenvalue weighted by Crippen LogP contribution is 2.25. The molecular weight excluding hydrogens is 260 g/mol. The smallest absolute Gasteiger partial charge is 0.119 e. The molecule has 1 rings (SSSR count). The lowest BCUT2D eigenvalue weighted by molar-refractivity contribution is 0.141. The monoisotopic (exact) mass is 292 g/mol. The van der Waals surface area contributed by atoms with Gasteiger partial charge in [0.1, 0.15) is 5.75 Å². The standard InChI is InChI=1S/C18H32N2O/c1-5-8-13-20(15(4)6-2)18(14-19)16-9-11-17(12-10-16)21-7-3/h9-12,15,18H,5-8,13-14,19H2,1-4H3. The number of nitrogens with two attached hydrogens (primary N) is 1. The Labute approximate surface area is 130 Å². The lowest BCUT2D eigenvalue weighted by atomic mass is 10.0. The third-order valence-electron chi connectivity index (χ3n) is 4.13. The molecule has 3 heteroatoms. The van der Waals surface area contributed by atoms with Crippen LogP contribution in [0.5, 0.6) is 5.75 Å². The van der Waals surface area contributed by atoms with Crippen LogP contribution in [0.15, 0.2) is 24.3 Å². The largest absolute Gasteiger partial charge is 0.494 e. The van der Waals surface area contributed by atoms with Crippen molar-refractivity contribution in [1.29, 1.82) is 0 Å². The summed E-state index contributed by atoms with van der Waals surface area (Å²) in [7, 11) is 0. The van der Waals surface area contributed by atoms with Crippen LogP contribution < -0.4 is 10.5 Å². The Balaban J connectivity index is 2.89. The number of benzene rings is 1. The molecular formula is C18H32N2O. The fourth-order valence-corrected chi connectivity index (χ4v) is 2.67. The van der Waals surface area contributed by atoms with E-state index in [4.69, 9.17) is 10.5 Å². The third-order valence-corrected chi connectivity index (χ3v) is 4.13. The average Bonchev–Trinajstić information content (AvgIpc) is 2.52. The van der Waals surface area contributed by atoms with Gasteiger partial charge in [-0.3, -0.25) is 4.90 Å². The van der Waals surface area contributed by atoms with Crippen molar-refractivity contribution in [2.45, 2.75) is 59.0 Å². The molecule has 2 atom stereocenters. The molecule has 2 unspecified atom stereocenters. The molecule has 0 bridgehead atoms. The van der Waals surface area contributed by atoms with Gasteiger partial charge in [-0.25, -0.2) is 0 Å². The second-order valence-corrected chi connectivity index (χ2v) is 5.60. The molecule has 21 heavy (non-hydrogen) atoms. The van der Waals surface area contributed by atoms with E-state index in [1.54, 1.807) is 0 Å². The predicted molar refractivity (Wildman–Crippen MR) is 90.8 cm³/mol. The molecule has 0 heterocycles. The van der Waals surface area contributed by atoms with Crippen molar-refractivity contribution in [2.75, 3.05) is 19.7 Å². The number of hydrogen-bond acceptors (Lipinski definition) is 3. The maximum Gasteiger partial charge on any atom is 0.119 e. The van der Waals surface area contributed by atoms with E-state index in [9.17, 15) is 0 Å². The van der Waals surface area contributed by atoms with Crippen molar-refractivity contribution >= 4 is 0 Å². The van der Waals surface area contributed by atoms with Crippen LogP contribution in [-0.4, -0.2) is 30.6 Å². The molecule has 2 N–H and O–H groups in total. The van der Waals surface area contributed by atoms with Crippen LogP contribution >= 0.6 is 0 Å². The van der Waals surface area contributed by atoms with E-state index in [1.807, 2.05) is 6.92 Å². The lowest BCUT2D eigenvalue weighted by Gasteiger charge is -2.36. The second-order valence-electron chi connectivity index (χ2n) is 5.60. The van der Waals surface area contributed by atoms with Crippen molar-refractivity contribution in [1.82, 2.24) is 4.90 Å². The molecule has 0 saturated carbocycles. The number of rotatable bonds is 10. The molecule has 0 radical (unpaired) electrons. The van der Waals surface area contributed by atoms with Gasteiger partial charge in [0.05, 0.1) is 6.61 Å². The second kappa shape index (κ2) is 9.80. The number of hydrogen-bond donors (Lipinski definition) is 1. The van der Waals surface area contributed by atoms with Gasteiger partial charge in [0.15, 0.2) is 0 Å². The van der Waals surface area contributed by atoms with Crippen LogP contribution in [0.25, 0.3) is 0 Å².